The van der Waals surface area contributed by atoms with Crippen LogP contribution in [0, 0.1) is 6.92 Å². The van der Waals surface area contributed by atoms with Crippen LogP contribution in [0.15, 0.2) is 136 Å². The fraction of sp³-hybridized carbons (Fsp3) is 0.122. The van der Waals surface area contributed by atoms with Gasteiger partial charge in [0.25, 0.3) is 0 Å². The van der Waals surface area contributed by atoms with Gasteiger partial charge in [0, 0.05) is 22.3 Å². The van der Waals surface area contributed by atoms with E-state index in [4.69, 9.17) is 13.6 Å². The first-order valence-corrected chi connectivity index (χ1v) is 16.2. The summed E-state index contributed by atoms with van der Waals surface area (Å²) in [4.78, 5) is 0. The molecule has 0 fully saturated rings. The van der Waals surface area contributed by atoms with Crippen LogP contribution in [0.1, 0.15) is 42.4 Å². The second-order valence-corrected chi connectivity index (χ2v) is 11.9. The number of ether oxygens (including phenoxy) is 1. The van der Waals surface area contributed by atoms with Gasteiger partial charge in [-0.3, -0.25) is 0 Å². The lowest BCUT2D eigenvalue weighted by molar-refractivity contribution is 0.479. The third-order valence-electron chi connectivity index (χ3n) is 8.52. The zero-order valence-electron chi connectivity index (χ0n) is 26.5. The van der Waals surface area contributed by atoms with E-state index in [0.29, 0.717) is 29.3 Å². The standard InChI is InChI=1S/C41H32N4O3/c1-27-26-35(41-45-44-39(48-41)33-18-14-31(15-19-33)29-10-6-3-7-11-29)22-25-37(27)46-36-23-20-34(21-24-36)40-43-42-38(47-40)32-16-12-30(13-17-32)28-8-4-2-5-9-28/h4,6,8-26H,2-3,5,7H2,1H3. The molecule has 0 saturated heterocycles. The first-order chi connectivity index (χ1) is 23.7. The molecule has 0 unspecified atom stereocenters. The molecule has 8 rings (SSSR count). The number of benzene rings is 4. The van der Waals surface area contributed by atoms with E-state index in [1.165, 1.54) is 22.3 Å². The molecule has 234 valence electrons. The molecule has 7 heteroatoms. The van der Waals surface area contributed by atoms with Crippen LogP contribution in [0.3, 0.4) is 0 Å². The number of hydrogen-bond donors (Lipinski definition) is 0. The lowest BCUT2D eigenvalue weighted by atomic mass is 9.99. The van der Waals surface area contributed by atoms with Crippen LogP contribution in [0.5, 0.6) is 11.5 Å². The third kappa shape index (κ3) is 6.18. The quantitative estimate of drug-likeness (QED) is 0.166. The van der Waals surface area contributed by atoms with Gasteiger partial charge in [-0.1, -0.05) is 60.7 Å². The summed E-state index contributed by atoms with van der Waals surface area (Å²) in [6.45, 7) is 1.99. The van der Waals surface area contributed by atoms with Crippen molar-refractivity contribution >= 4 is 11.1 Å². The number of hydrogen-bond acceptors (Lipinski definition) is 7. The minimum atomic E-state index is 0.452. The van der Waals surface area contributed by atoms with Gasteiger partial charge in [-0.05, 0) is 127 Å². The summed E-state index contributed by atoms with van der Waals surface area (Å²) in [5.74, 6) is 3.30. The van der Waals surface area contributed by atoms with E-state index in [1.54, 1.807) is 0 Å². The molecule has 4 aromatic carbocycles. The smallest absolute Gasteiger partial charge is 0.248 e. The van der Waals surface area contributed by atoms with E-state index in [0.717, 1.165) is 59.3 Å². The first kappa shape index (κ1) is 29.3. The minimum absolute atomic E-state index is 0.452. The highest BCUT2D eigenvalue weighted by molar-refractivity contribution is 5.77. The van der Waals surface area contributed by atoms with Gasteiger partial charge in [0.2, 0.25) is 23.6 Å². The molecule has 2 aliphatic carbocycles. The monoisotopic (exact) mass is 628 g/mol. The fourth-order valence-electron chi connectivity index (χ4n) is 5.87. The van der Waals surface area contributed by atoms with Crippen LogP contribution in [0.25, 0.3) is 57.0 Å². The molecule has 2 aliphatic rings. The van der Waals surface area contributed by atoms with E-state index in [1.807, 2.05) is 73.7 Å². The lowest BCUT2D eigenvalue weighted by Crippen LogP contribution is -1.89. The zero-order chi connectivity index (χ0) is 32.3. The van der Waals surface area contributed by atoms with Gasteiger partial charge in [0.1, 0.15) is 11.5 Å². The Morgan fingerprint density at radius 1 is 0.479 bits per heavy atom. The molecule has 0 N–H and O–H groups in total. The highest BCUT2D eigenvalue weighted by atomic mass is 16.5. The van der Waals surface area contributed by atoms with Crippen LogP contribution < -0.4 is 4.74 Å². The van der Waals surface area contributed by atoms with Crippen LogP contribution in [-0.2, 0) is 0 Å². The maximum atomic E-state index is 6.21. The lowest BCUT2D eigenvalue weighted by Gasteiger charge is -2.10. The minimum Gasteiger partial charge on any atom is -0.457 e. The Balaban J connectivity index is 0.918. The molecule has 2 aromatic heterocycles. The normalized spacial score (nSPS) is 14.1. The maximum Gasteiger partial charge on any atom is 0.248 e. The van der Waals surface area contributed by atoms with Crippen molar-refractivity contribution in [2.24, 2.45) is 0 Å². The molecule has 0 saturated carbocycles. The first-order valence-electron chi connectivity index (χ1n) is 16.2. The van der Waals surface area contributed by atoms with E-state index in [-0.39, 0.29) is 0 Å². The molecule has 0 amide bonds. The van der Waals surface area contributed by atoms with Crippen molar-refractivity contribution in [1.29, 1.82) is 0 Å². The Morgan fingerprint density at radius 3 is 1.33 bits per heavy atom. The van der Waals surface area contributed by atoms with Crippen molar-refractivity contribution in [2.75, 3.05) is 0 Å². The van der Waals surface area contributed by atoms with E-state index >= 15 is 0 Å². The second kappa shape index (κ2) is 13.0. The van der Waals surface area contributed by atoms with E-state index < -0.39 is 0 Å². The molecule has 0 spiro atoms. The molecular weight excluding hydrogens is 596 g/mol. The third-order valence-corrected chi connectivity index (χ3v) is 8.52. The number of nitrogens with zero attached hydrogens (tertiary/aromatic N) is 4. The number of rotatable bonds is 8. The molecular formula is C41H32N4O3. The second-order valence-electron chi connectivity index (χ2n) is 11.9. The van der Waals surface area contributed by atoms with Crippen LogP contribution in [0.4, 0.5) is 0 Å². The summed E-state index contributed by atoms with van der Waals surface area (Å²) in [7, 11) is 0. The summed E-state index contributed by atoms with van der Waals surface area (Å²) >= 11 is 0. The average Bonchev–Trinajstić information content (AvgIpc) is 3.85. The molecule has 7 nitrogen and oxygen atoms in total. The number of aromatic nitrogens is 4. The Kier molecular flexibility index (Phi) is 7.92. The van der Waals surface area contributed by atoms with Crippen LogP contribution >= 0.6 is 0 Å². The number of aryl methyl sites for hydroxylation is 1. The van der Waals surface area contributed by atoms with Gasteiger partial charge in [-0.25, -0.2) is 0 Å². The molecule has 48 heavy (non-hydrogen) atoms. The van der Waals surface area contributed by atoms with Gasteiger partial charge in [0.05, 0.1) is 0 Å². The van der Waals surface area contributed by atoms with Crippen molar-refractivity contribution in [3.05, 3.63) is 144 Å². The summed E-state index contributed by atoms with van der Waals surface area (Å²) in [6, 6.07) is 29.9. The van der Waals surface area contributed by atoms with Crippen molar-refractivity contribution in [2.45, 2.75) is 32.6 Å². The van der Waals surface area contributed by atoms with Crippen molar-refractivity contribution in [1.82, 2.24) is 20.4 Å². The zero-order valence-corrected chi connectivity index (χ0v) is 26.5. The molecule has 6 aromatic rings. The topological polar surface area (TPSA) is 87.1 Å². The summed E-state index contributed by atoms with van der Waals surface area (Å²) in [5, 5.41) is 17.2. The average molecular weight is 629 g/mol. The van der Waals surface area contributed by atoms with E-state index in [9.17, 15) is 0 Å². The Hall–Kier alpha value is -6.08. The van der Waals surface area contributed by atoms with Crippen molar-refractivity contribution < 1.29 is 13.6 Å². The molecule has 0 radical (unpaired) electrons. The predicted molar refractivity (Wildman–Crippen MR) is 188 cm³/mol. The van der Waals surface area contributed by atoms with Crippen LogP contribution in [-0.4, -0.2) is 20.4 Å². The van der Waals surface area contributed by atoms with Crippen molar-refractivity contribution in [3.63, 3.8) is 0 Å². The SMILES string of the molecule is Cc1cc(-c2nnc(-c3ccc(C4=CCCC=C4)cc3)o2)ccc1Oc1ccc(-c2nnc(-c3ccc(C4=CCCC=C4)cc3)o2)cc1. The van der Waals surface area contributed by atoms with Gasteiger partial charge < -0.3 is 13.6 Å². The van der Waals surface area contributed by atoms with Gasteiger partial charge in [-0.15, -0.1) is 20.4 Å². The maximum absolute atomic E-state index is 6.21. The predicted octanol–water partition coefficient (Wildman–Crippen LogP) is 10.7. The van der Waals surface area contributed by atoms with Gasteiger partial charge >= 0.3 is 0 Å². The summed E-state index contributed by atoms with van der Waals surface area (Å²) < 4.78 is 18.3. The molecule has 0 aliphatic heterocycles. The Bertz CT molecular complexity index is 2200. The highest BCUT2D eigenvalue weighted by Gasteiger charge is 2.15. The Labute approximate surface area is 278 Å². The largest absolute Gasteiger partial charge is 0.457 e. The molecule has 2 heterocycles. The summed E-state index contributed by atoms with van der Waals surface area (Å²) in [6.07, 6.45) is 17.7. The number of allylic oxidation sites excluding steroid dienone is 8. The van der Waals surface area contributed by atoms with Crippen molar-refractivity contribution in [3.8, 4) is 57.3 Å². The summed E-state index contributed by atoms with van der Waals surface area (Å²) in [5.41, 5.74) is 9.20. The van der Waals surface area contributed by atoms with Gasteiger partial charge in [0.15, 0.2) is 0 Å². The van der Waals surface area contributed by atoms with Crippen LogP contribution in [0.2, 0.25) is 0 Å². The fourth-order valence-corrected chi connectivity index (χ4v) is 5.87. The van der Waals surface area contributed by atoms with E-state index in [2.05, 4.69) is 81.1 Å². The van der Waals surface area contributed by atoms with Gasteiger partial charge in [-0.2, -0.15) is 0 Å². The Morgan fingerprint density at radius 2 is 0.896 bits per heavy atom. The molecule has 0 bridgehead atoms. The molecule has 0 atom stereocenters. The highest BCUT2D eigenvalue weighted by Crippen LogP contribution is 2.33.